The minimum Gasteiger partial charge on any atom is -0.434 e. The average molecular weight is 495 g/mol. The van der Waals surface area contributed by atoms with Crippen LogP contribution in [0.1, 0.15) is 77.7 Å². The van der Waals surface area contributed by atoms with E-state index in [2.05, 4.69) is 20.8 Å². The minimum absolute atomic E-state index is 0.315. The van der Waals surface area contributed by atoms with E-state index in [0.717, 1.165) is 68.7 Å². The zero-order valence-electron chi connectivity index (χ0n) is 21.8. The first kappa shape index (κ1) is 27.3. The van der Waals surface area contributed by atoms with Gasteiger partial charge in [0.25, 0.3) is 0 Å². The molecular formula is C30H38O6. The van der Waals surface area contributed by atoms with Gasteiger partial charge in [-0.15, -0.1) is 0 Å². The van der Waals surface area contributed by atoms with Crippen molar-refractivity contribution in [3.05, 3.63) is 48.0 Å². The molecule has 0 heterocycles. The number of carbonyl (C=O) groups is 2. The fourth-order valence-corrected chi connectivity index (χ4v) is 4.25. The second-order valence-electron chi connectivity index (χ2n) is 8.96. The first-order valence-corrected chi connectivity index (χ1v) is 13.3. The predicted octanol–water partition coefficient (Wildman–Crippen LogP) is 8.75. The summed E-state index contributed by atoms with van der Waals surface area (Å²) in [5.41, 5.74) is 1.02. The highest BCUT2D eigenvalue weighted by molar-refractivity contribution is 6.13. The summed E-state index contributed by atoms with van der Waals surface area (Å²) in [5.74, 6) is 0.833. The van der Waals surface area contributed by atoms with Gasteiger partial charge in [-0.1, -0.05) is 95.3 Å². The molecule has 0 aliphatic rings. The quantitative estimate of drug-likeness (QED) is 0.102. The lowest BCUT2D eigenvalue weighted by Crippen LogP contribution is -2.14. The number of hydrogen-bond acceptors (Lipinski definition) is 6. The topological polar surface area (TPSA) is 71.1 Å². The van der Waals surface area contributed by atoms with Crippen molar-refractivity contribution in [2.45, 2.75) is 78.6 Å². The molecule has 0 aromatic heterocycles. The molecule has 0 fully saturated rings. The molecule has 0 unspecified atom stereocenters. The Balaban J connectivity index is 2.06. The lowest BCUT2D eigenvalue weighted by atomic mass is 9.94. The van der Waals surface area contributed by atoms with Crippen molar-refractivity contribution < 1.29 is 28.5 Å². The molecule has 6 nitrogen and oxygen atoms in total. The molecule has 3 aromatic carbocycles. The van der Waals surface area contributed by atoms with Crippen LogP contribution in [0.5, 0.6) is 11.5 Å². The van der Waals surface area contributed by atoms with Gasteiger partial charge in [-0.3, -0.25) is 0 Å². The highest BCUT2D eigenvalue weighted by Crippen LogP contribution is 2.44. The van der Waals surface area contributed by atoms with Crippen molar-refractivity contribution in [1.29, 1.82) is 0 Å². The van der Waals surface area contributed by atoms with Crippen LogP contribution < -0.4 is 9.47 Å². The minimum atomic E-state index is -0.736. The molecule has 0 amide bonds. The second kappa shape index (κ2) is 14.3. The van der Waals surface area contributed by atoms with Gasteiger partial charge in [-0.05, 0) is 31.2 Å². The fourth-order valence-electron chi connectivity index (χ4n) is 4.25. The first-order chi connectivity index (χ1) is 17.6. The number of rotatable bonds is 13. The number of hydrogen-bond donors (Lipinski definition) is 0. The van der Waals surface area contributed by atoms with Gasteiger partial charge in [0.1, 0.15) is 5.75 Å². The van der Waals surface area contributed by atoms with Gasteiger partial charge < -0.3 is 18.9 Å². The van der Waals surface area contributed by atoms with Gasteiger partial charge in [0.15, 0.2) is 5.75 Å². The van der Waals surface area contributed by atoms with E-state index in [1.165, 1.54) is 0 Å². The van der Waals surface area contributed by atoms with Gasteiger partial charge in [0.2, 0.25) is 0 Å². The molecule has 0 atom stereocenters. The first-order valence-electron chi connectivity index (χ1n) is 13.3. The second-order valence-corrected chi connectivity index (χ2v) is 8.96. The molecule has 0 radical (unpaired) electrons. The monoisotopic (exact) mass is 494 g/mol. The molecule has 6 heteroatoms. The van der Waals surface area contributed by atoms with E-state index < -0.39 is 12.3 Å². The molecule has 194 valence electrons. The lowest BCUT2D eigenvalue weighted by molar-refractivity contribution is 0.0966. The SMILES string of the molecule is CCCCCOC(=O)Oc1c2ccccc2c(OC(=O)OCCCCC)c2c(CCCC)cccc12. The van der Waals surface area contributed by atoms with E-state index in [1.807, 2.05) is 42.5 Å². The van der Waals surface area contributed by atoms with Crippen LogP contribution in [0.4, 0.5) is 9.59 Å². The van der Waals surface area contributed by atoms with Crippen molar-refractivity contribution in [1.82, 2.24) is 0 Å². The summed E-state index contributed by atoms with van der Waals surface area (Å²) in [4.78, 5) is 25.3. The maximum atomic E-state index is 12.7. The number of unbranched alkanes of at least 4 members (excludes halogenated alkanes) is 5. The summed E-state index contributed by atoms with van der Waals surface area (Å²) in [6, 6.07) is 13.3. The Labute approximate surface area is 213 Å². The molecule has 0 saturated carbocycles. The van der Waals surface area contributed by atoms with Gasteiger partial charge >= 0.3 is 12.3 Å². The van der Waals surface area contributed by atoms with Crippen molar-refractivity contribution in [2.24, 2.45) is 0 Å². The third-order valence-corrected chi connectivity index (χ3v) is 6.14. The molecule has 0 spiro atoms. The third-order valence-electron chi connectivity index (χ3n) is 6.14. The molecule has 0 N–H and O–H groups in total. The van der Waals surface area contributed by atoms with Crippen molar-refractivity contribution in [3.8, 4) is 11.5 Å². The van der Waals surface area contributed by atoms with Crippen LogP contribution >= 0.6 is 0 Å². The van der Waals surface area contributed by atoms with Crippen LogP contribution in [-0.4, -0.2) is 25.5 Å². The Morgan fingerprint density at radius 3 is 1.72 bits per heavy atom. The summed E-state index contributed by atoms with van der Waals surface area (Å²) in [6.07, 6.45) is 6.97. The van der Waals surface area contributed by atoms with Crippen molar-refractivity contribution in [2.75, 3.05) is 13.2 Å². The van der Waals surface area contributed by atoms with E-state index in [0.29, 0.717) is 40.9 Å². The third kappa shape index (κ3) is 7.12. The van der Waals surface area contributed by atoms with Crippen LogP contribution in [0.2, 0.25) is 0 Å². The summed E-state index contributed by atoms with van der Waals surface area (Å²) < 4.78 is 22.4. The van der Waals surface area contributed by atoms with Gasteiger partial charge in [0.05, 0.1) is 13.2 Å². The molecule has 3 rings (SSSR count). The number of benzene rings is 3. The number of carbonyl (C=O) groups excluding carboxylic acids is 2. The molecule has 0 saturated heterocycles. The van der Waals surface area contributed by atoms with E-state index in [-0.39, 0.29) is 0 Å². The number of fused-ring (bicyclic) bond motifs is 2. The highest BCUT2D eigenvalue weighted by Gasteiger charge is 2.23. The maximum absolute atomic E-state index is 12.7. The summed E-state index contributed by atoms with van der Waals surface area (Å²) in [6.45, 7) is 6.96. The van der Waals surface area contributed by atoms with Crippen LogP contribution in [0.25, 0.3) is 21.5 Å². The molecule has 36 heavy (non-hydrogen) atoms. The van der Waals surface area contributed by atoms with Crippen molar-refractivity contribution >= 4 is 33.9 Å². The fraction of sp³-hybridized carbons (Fsp3) is 0.467. The Bertz CT molecular complexity index is 1150. The molecular weight excluding hydrogens is 456 g/mol. The summed E-state index contributed by atoms with van der Waals surface area (Å²) in [7, 11) is 0. The van der Waals surface area contributed by atoms with Gasteiger partial charge in [-0.2, -0.15) is 0 Å². The zero-order valence-corrected chi connectivity index (χ0v) is 21.8. The molecule has 0 aliphatic heterocycles. The molecule has 0 bridgehead atoms. The highest BCUT2D eigenvalue weighted by atomic mass is 16.7. The van der Waals surface area contributed by atoms with Gasteiger partial charge in [-0.25, -0.2) is 9.59 Å². The Morgan fingerprint density at radius 2 is 1.14 bits per heavy atom. The Morgan fingerprint density at radius 1 is 0.611 bits per heavy atom. The Kier molecular flexibility index (Phi) is 10.9. The van der Waals surface area contributed by atoms with E-state index in [1.54, 1.807) is 0 Å². The van der Waals surface area contributed by atoms with Crippen molar-refractivity contribution in [3.63, 3.8) is 0 Å². The summed E-state index contributed by atoms with van der Waals surface area (Å²) in [5, 5.41) is 2.79. The maximum Gasteiger partial charge on any atom is 0.513 e. The van der Waals surface area contributed by atoms with Crippen LogP contribution in [0, 0.1) is 0 Å². The smallest absolute Gasteiger partial charge is 0.434 e. The normalized spacial score (nSPS) is 11.0. The Hall–Kier alpha value is -3.28. The van der Waals surface area contributed by atoms with E-state index in [4.69, 9.17) is 18.9 Å². The average Bonchev–Trinajstić information content (AvgIpc) is 2.89. The van der Waals surface area contributed by atoms with Crippen LogP contribution in [0.3, 0.4) is 0 Å². The molecule has 3 aromatic rings. The number of aryl methyl sites for hydroxylation is 1. The molecule has 0 aliphatic carbocycles. The van der Waals surface area contributed by atoms with E-state index >= 15 is 0 Å². The zero-order chi connectivity index (χ0) is 25.8. The predicted molar refractivity (Wildman–Crippen MR) is 143 cm³/mol. The summed E-state index contributed by atoms with van der Waals surface area (Å²) >= 11 is 0. The lowest BCUT2D eigenvalue weighted by Gasteiger charge is -2.18. The number of ether oxygens (including phenoxy) is 4. The largest absolute Gasteiger partial charge is 0.513 e. The van der Waals surface area contributed by atoms with Crippen LogP contribution in [0.15, 0.2) is 42.5 Å². The standard InChI is InChI=1S/C30H38O6/c1-4-7-12-20-33-29(31)35-27-23-17-10-11-18-24(23)28(36-30(32)34-21-13-8-5-2)26-22(15-9-6-3)16-14-19-25(26)27/h10-11,14,16-19H,4-9,12-13,15,20-21H2,1-3H3. The van der Waals surface area contributed by atoms with Gasteiger partial charge in [0, 0.05) is 21.5 Å². The van der Waals surface area contributed by atoms with Crippen LogP contribution in [-0.2, 0) is 15.9 Å². The van der Waals surface area contributed by atoms with E-state index in [9.17, 15) is 9.59 Å².